The van der Waals surface area contributed by atoms with Crippen molar-refractivity contribution in [2.45, 2.75) is 57.9 Å². The van der Waals surface area contributed by atoms with Crippen LogP contribution in [0.2, 0.25) is 0 Å². The summed E-state index contributed by atoms with van der Waals surface area (Å²) < 4.78 is 0. The van der Waals surface area contributed by atoms with Crippen LogP contribution in [0.15, 0.2) is 24.3 Å². The van der Waals surface area contributed by atoms with Crippen molar-refractivity contribution in [2.24, 2.45) is 11.7 Å². The number of hydrogen-bond acceptors (Lipinski definition) is 2. The van der Waals surface area contributed by atoms with Crippen LogP contribution in [0.1, 0.15) is 52.0 Å². The summed E-state index contributed by atoms with van der Waals surface area (Å²) in [6, 6.07) is 8.04. The maximum Gasteiger partial charge on any atom is 0.229 e. The van der Waals surface area contributed by atoms with Crippen molar-refractivity contribution in [2.75, 3.05) is 5.32 Å². The molecule has 0 radical (unpaired) electrons. The summed E-state index contributed by atoms with van der Waals surface area (Å²) in [7, 11) is 0. The number of nitrogens with one attached hydrogen (secondary N) is 1. The van der Waals surface area contributed by atoms with Gasteiger partial charge in [0.05, 0.1) is 5.92 Å². The molecule has 0 saturated heterocycles. The highest BCUT2D eigenvalue weighted by molar-refractivity contribution is 5.94. The summed E-state index contributed by atoms with van der Waals surface area (Å²) in [6.45, 7) is 6.47. The zero-order valence-electron chi connectivity index (χ0n) is 12.8. The Morgan fingerprint density at radius 2 is 1.85 bits per heavy atom. The molecule has 3 heteroatoms. The summed E-state index contributed by atoms with van der Waals surface area (Å²) in [5.74, 6) is 0.0330. The molecule has 1 aromatic carbocycles. The second kappa shape index (κ2) is 5.96. The van der Waals surface area contributed by atoms with Gasteiger partial charge >= 0.3 is 0 Å². The molecule has 3 nitrogen and oxygen atoms in total. The third-order valence-electron chi connectivity index (χ3n) is 4.15. The predicted molar refractivity (Wildman–Crippen MR) is 83.7 cm³/mol. The average molecular weight is 274 g/mol. The summed E-state index contributed by atoms with van der Waals surface area (Å²) in [5, 5.41) is 3.10. The average Bonchev–Trinajstić information content (AvgIpc) is 2.38. The summed E-state index contributed by atoms with van der Waals surface area (Å²) >= 11 is 0. The molecule has 1 aromatic rings. The first-order chi connectivity index (χ1) is 9.39. The standard InChI is InChI=1S/C17H26N2O/c1-17(2,3)13-9-5-7-11-15(13)19-16(20)12-8-4-6-10-14(12)18/h5,7,9,11-12,14H,4,6,8,10,18H2,1-3H3,(H,19,20). The van der Waals surface area contributed by atoms with E-state index in [0.29, 0.717) is 0 Å². The Morgan fingerprint density at radius 3 is 2.50 bits per heavy atom. The van der Waals surface area contributed by atoms with Gasteiger partial charge < -0.3 is 11.1 Å². The van der Waals surface area contributed by atoms with Crippen molar-refractivity contribution in [1.29, 1.82) is 0 Å². The van der Waals surface area contributed by atoms with Gasteiger partial charge in [0, 0.05) is 11.7 Å². The largest absolute Gasteiger partial charge is 0.327 e. The molecule has 2 rings (SSSR count). The maximum absolute atomic E-state index is 12.5. The van der Waals surface area contributed by atoms with Crippen molar-refractivity contribution in [1.82, 2.24) is 0 Å². The van der Waals surface area contributed by atoms with E-state index in [1.165, 1.54) is 0 Å². The molecule has 1 amide bonds. The lowest BCUT2D eigenvalue weighted by Crippen LogP contribution is -2.41. The normalized spacial score (nSPS) is 23.4. The van der Waals surface area contributed by atoms with E-state index in [0.717, 1.165) is 36.9 Å². The molecule has 0 spiro atoms. The van der Waals surface area contributed by atoms with Crippen molar-refractivity contribution < 1.29 is 4.79 Å². The fraction of sp³-hybridized carbons (Fsp3) is 0.588. The molecule has 2 unspecified atom stereocenters. The molecule has 0 bridgehead atoms. The Labute approximate surface area is 121 Å². The van der Waals surface area contributed by atoms with Crippen LogP contribution in [0.3, 0.4) is 0 Å². The van der Waals surface area contributed by atoms with Gasteiger partial charge in [-0.15, -0.1) is 0 Å². The van der Waals surface area contributed by atoms with E-state index in [-0.39, 0.29) is 23.3 Å². The van der Waals surface area contributed by atoms with Gasteiger partial charge in [0.25, 0.3) is 0 Å². The molecule has 1 aliphatic carbocycles. The fourth-order valence-corrected chi connectivity index (χ4v) is 2.96. The third-order valence-corrected chi connectivity index (χ3v) is 4.15. The first-order valence-corrected chi connectivity index (χ1v) is 7.55. The predicted octanol–water partition coefficient (Wildman–Crippen LogP) is 3.44. The zero-order chi connectivity index (χ0) is 14.8. The van der Waals surface area contributed by atoms with Crippen LogP contribution in [-0.4, -0.2) is 11.9 Å². The number of anilines is 1. The number of rotatable bonds is 2. The quantitative estimate of drug-likeness (QED) is 0.868. The van der Waals surface area contributed by atoms with Gasteiger partial charge in [-0.3, -0.25) is 4.79 Å². The van der Waals surface area contributed by atoms with Crippen LogP contribution in [0.25, 0.3) is 0 Å². The molecule has 1 fully saturated rings. The molecular weight excluding hydrogens is 248 g/mol. The first-order valence-electron chi connectivity index (χ1n) is 7.55. The van der Waals surface area contributed by atoms with E-state index in [9.17, 15) is 4.79 Å². The minimum atomic E-state index is -0.0447. The molecule has 0 aromatic heterocycles. The lowest BCUT2D eigenvalue weighted by atomic mass is 9.83. The van der Waals surface area contributed by atoms with Gasteiger partial charge in [-0.1, -0.05) is 51.8 Å². The van der Waals surface area contributed by atoms with Crippen LogP contribution < -0.4 is 11.1 Å². The van der Waals surface area contributed by atoms with Crippen molar-refractivity contribution in [3.63, 3.8) is 0 Å². The summed E-state index contributed by atoms with van der Waals surface area (Å²) in [6.07, 6.45) is 4.11. The number of para-hydroxylation sites is 1. The van der Waals surface area contributed by atoms with Crippen molar-refractivity contribution in [3.05, 3.63) is 29.8 Å². The minimum Gasteiger partial charge on any atom is -0.327 e. The Kier molecular flexibility index (Phi) is 4.48. The van der Waals surface area contributed by atoms with Crippen LogP contribution >= 0.6 is 0 Å². The molecule has 2 atom stereocenters. The summed E-state index contributed by atoms with van der Waals surface area (Å²) in [4.78, 5) is 12.5. The molecule has 3 N–H and O–H groups in total. The highest BCUT2D eigenvalue weighted by atomic mass is 16.1. The van der Waals surface area contributed by atoms with E-state index >= 15 is 0 Å². The SMILES string of the molecule is CC(C)(C)c1ccccc1NC(=O)C1CCCCC1N. The molecule has 20 heavy (non-hydrogen) atoms. The molecule has 0 aliphatic heterocycles. The van der Waals surface area contributed by atoms with Gasteiger partial charge in [-0.25, -0.2) is 0 Å². The number of nitrogens with two attached hydrogens (primary N) is 1. The van der Waals surface area contributed by atoms with Crippen molar-refractivity contribution >= 4 is 11.6 Å². The van der Waals surface area contributed by atoms with Gasteiger partial charge in [0.2, 0.25) is 5.91 Å². The van der Waals surface area contributed by atoms with E-state index in [4.69, 9.17) is 5.73 Å². The van der Waals surface area contributed by atoms with Crippen LogP contribution in [0, 0.1) is 5.92 Å². The Bertz CT molecular complexity index is 476. The van der Waals surface area contributed by atoms with Gasteiger partial charge in [0.1, 0.15) is 0 Å². The Hall–Kier alpha value is -1.35. The van der Waals surface area contributed by atoms with Gasteiger partial charge in [-0.2, -0.15) is 0 Å². The second-order valence-corrected chi connectivity index (χ2v) is 6.84. The Balaban J connectivity index is 2.16. The molecule has 1 saturated carbocycles. The molecule has 110 valence electrons. The topological polar surface area (TPSA) is 55.1 Å². The Morgan fingerprint density at radius 1 is 1.20 bits per heavy atom. The van der Waals surface area contributed by atoms with E-state index in [1.54, 1.807) is 0 Å². The van der Waals surface area contributed by atoms with Crippen LogP contribution in [0.5, 0.6) is 0 Å². The zero-order valence-corrected chi connectivity index (χ0v) is 12.8. The number of carbonyl (C=O) groups excluding carboxylic acids is 1. The number of carbonyl (C=O) groups is 1. The number of amides is 1. The van der Waals surface area contributed by atoms with Crippen molar-refractivity contribution in [3.8, 4) is 0 Å². The van der Waals surface area contributed by atoms with Gasteiger partial charge in [-0.05, 0) is 29.9 Å². The molecule has 0 heterocycles. The van der Waals surface area contributed by atoms with Gasteiger partial charge in [0.15, 0.2) is 0 Å². The van der Waals surface area contributed by atoms with Crippen LogP contribution in [-0.2, 0) is 10.2 Å². The highest BCUT2D eigenvalue weighted by Crippen LogP contribution is 2.30. The molecule has 1 aliphatic rings. The number of benzene rings is 1. The summed E-state index contributed by atoms with van der Waals surface area (Å²) in [5.41, 5.74) is 8.19. The van der Waals surface area contributed by atoms with E-state index in [1.807, 2.05) is 18.2 Å². The lowest BCUT2D eigenvalue weighted by molar-refractivity contribution is -0.121. The first kappa shape index (κ1) is 15.0. The number of hydrogen-bond donors (Lipinski definition) is 2. The fourth-order valence-electron chi connectivity index (χ4n) is 2.96. The van der Waals surface area contributed by atoms with E-state index in [2.05, 4.69) is 32.2 Å². The monoisotopic (exact) mass is 274 g/mol. The highest BCUT2D eigenvalue weighted by Gasteiger charge is 2.29. The molecular formula is C17H26N2O. The lowest BCUT2D eigenvalue weighted by Gasteiger charge is -2.29. The smallest absolute Gasteiger partial charge is 0.229 e. The third kappa shape index (κ3) is 3.40. The minimum absolute atomic E-state index is 0.00514. The van der Waals surface area contributed by atoms with E-state index < -0.39 is 0 Å². The maximum atomic E-state index is 12.5. The van der Waals surface area contributed by atoms with Crippen LogP contribution in [0.4, 0.5) is 5.69 Å². The second-order valence-electron chi connectivity index (χ2n) is 6.84.